The number of rotatable bonds is 7. The van der Waals surface area contributed by atoms with Gasteiger partial charge in [0.2, 0.25) is 5.95 Å². The van der Waals surface area contributed by atoms with Gasteiger partial charge in [-0.05, 0) is 29.8 Å². The van der Waals surface area contributed by atoms with E-state index in [1.807, 2.05) is 12.1 Å². The minimum absolute atomic E-state index is 0.0125. The summed E-state index contributed by atoms with van der Waals surface area (Å²) in [5.41, 5.74) is 2.38. The topological polar surface area (TPSA) is 128 Å². The van der Waals surface area contributed by atoms with Crippen LogP contribution in [0.15, 0.2) is 61.1 Å². The van der Waals surface area contributed by atoms with Crippen molar-refractivity contribution >= 4 is 39.6 Å². The van der Waals surface area contributed by atoms with E-state index in [2.05, 4.69) is 30.9 Å². The van der Waals surface area contributed by atoms with E-state index in [4.69, 9.17) is 16.9 Å². The summed E-state index contributed by atoms with van der Waals surface area (Å²) >= 11 is 6.57. The second-order valence-electron chi connectivity index (χ2n) is 8.26. The first kappa shape index (κ1) is 25.4. The van der Waals surface area contributed by atoms with Crippen LogP contribution in [0.5, 0.6) is 0 Å². The van der Waals surface area contributed by atoms with Gasteiger partial charge in [-0.3, -0.25) is 4.98 Å². The summed E-state index contributed by atoms with van der Waals surface area (Å²) in [6.45, 7) is -0.0125. The number of nitrogens with one attached hydrogen (secondary N) is 2. The molecule has 3 aromatic heterocycles. The highest BCUT2D eigenvalue weighted by molar-refractivity contribution is 6.36. The third-order valence-electron chi connectivity index (χ3n) is 5.71. The fourth-order valence-electron chi connectivity index (χ4n) is 3.94. The minimum atomic E-state index is -1.26. The van der Waals surface area contributed by atoms with Crippen LogP contribution in [-0.2, 0) is 6.54 Å². The van der Waals surface area contributed by atoms with Gasteiger partial charge >= 0.3 is 0 Å². The average Bonchev–Trinajstić information content (AvgIpc) is 3.39. The first-order valence-electron chi connectivity index (χ1n) is 11.3. The molecule has 1 atom stereocenters. The lowest BCUT2D eigenvalue weighted by molar-refractivity contribution is 0.480. The van der Waals surface area contributed by atoms with Crippen molar-refractivity contribution in [2.24, 2.45) is 0 Å². The van der Waals surface area contributed by atoms with Gasteiger partial charge in [0.1, 0.15) is 24.1 Å². The molecule has 0 aliphatic rings. The Labute approximate surface area is 224 Å². The summed E-state index contributed by atoms with van der Waals surface area (Å²) in [5.74, 6) is -2.84. The lowest BCUT2D eigenvalue weighted by Crippen LogP contribution is -2.13. The normalized spacial score (nSPS) is 11.5. The fourth-order valence-corrected chi connectivity index (χ4v) is 4.21. The molecule has 0 saturated carbocycles. The fraction of sp³-hybridized carbons (Fsp3) is 0.0769. The highest BCUT2D eigenvalue weighted by Crippen LogP contribution is 2.36. The molecule has 0 amide bonds. The van der Waals surface area contributed by atoms with Crippen LogP contribution < -0.4 is 10.6 Å². The number of nitriles is 2. The summed E-state index contributed by atoms with van der Waals surface area (Å²) in [7, 11) is 0. The van der Waals surface area contributed by atoms with Crippen LogP contribution in [0.2, 0.25) is 5.02 Å². The molecule has 0 spiro atoms. The number of anilines is 3. The van der Waals surface area contributed by atoms with Crippen LogP contribution in [0, 0.1) is 40.2 Å². The van der Waals surface area contributed by atoms with Crippen molar-refractivity contribution in [2.75, 3.05) is 10.6 Å². The van der Waals surface area contributed by atoms with E-state index in [9.17, 15) is 18.4 Å². The number of halogens is 4. The van der Waals surface area contributed by atoms with Gasteiger partial charge in [-0.1, -0.05) is 28.9 Å². The smallest absolute Gasteiger partial charge is 0.249 e. The molecule has 0 radical (unpaired) electrons. The predicted octanol–water partition coefficient (Wildman–Crippen LogP) is 5.63. The van der Waals surface area contributed by atoms with Gasteiger partial charge in [0, 0.05) is 23.3 Å². The van der Waals surface area contributed by atoms with Gasteiger partial charge in [0.15, 0.2) is 5.82 Å². The largest absolute Gasteiger partial charge is 0.373 e. The summed E-state index contributed by atoms with van der Waals surface area (Å²) in [5, 5.41) is 33.7. The third kappa shape index (κ3) is 5.28. The maximum absolute atomic E-state index is 13.8. The average molecular weight is 546 g/mol. The van der Waals surface area contributed by atoms with Crippen molar-refractivity contribution in [3.8, 4) is 12.1 Å². The number of hydrogen-bond acceptors (Lipinski definition) is 8. The second-order valence-corrected chi connectivity index (χ2v) is 8.67. The van der Waals surface area contributed by atoms with Crippen molar-refractivity contribution in [1.29, 1.82) is 10.5 Å². The van der Waals surface area contributed by atoms with Gasteiger partial charge in [-0.15, -0.1) is 5.10 Å². The van der Waals surface area contributed by atoms with Crippen LogP contribution >= 0.6 is 11.6 Å². The van der Waals surface area contributed by atoms with Crippen molar-refractivity contribution in [2.45, 2.75) is 12.6 Å². The zero-order valence-corrected chi connectivity index (χ0v) is 20.5. The Bertz CT molecular complexity index is 1780. The molecule has 0 bridgehead atoms. The molecule has 9 nitrogen and oxygen atoms in total. The highest BCUT2D eigenvalue weighted by atomic mass is 35.5. The molecule has 0 fully saturated rings. The Morgan fingerprint density at radius 2 is 1.79 bits per heavy atom. The molecule has 5 rings (SSSR count). The van der Waals surface area contributed by atoms with E-state index in [1.165, 1.54) is 23.0 Å². The Morgan fingerprint density at radius 3 is 2.51 bits per heavy atom. The highest BCUT2D eigenvalue weighted by Gasteiger charge is 2.20. The number of pyridine rings is 2. The standard InChI is InChI=1S/C26H15ClF3N9/c27-20-8-17(35-24(14-1-3-16(28)4-2-14)22-13-39(6-5-31)38-37-22)7-19-23(15(10-32)11-33-25(19)20)36-18-9-21(29)26(30)34-12-18/h1-4,7-9,11-13,24,35H,6H2,(H,33,36)/t24-/m0/s1. The van der Waals surface area contributed by atoms with Crippen LogP contribution in [0.25, 0.3) is 10.9 Å². The number of aromatic nitrogens is 5. The Kier molecular flexibility index (Phi) is 6.95. The van der Waals surface area contributed by atoms with E-state index >= 15 is 0 Å². The van der Waals surface area contributed by atoms with Crippen molar-refractivity contribution in [3.63, 3.8) is 0 Å². The van der Waals surface area contributed by atoms with Crippen molar-refractivity contribution in [1.82, 2.24) is 25.0 Å². The Morgan fingerprint density at radius 1 is 1.00 bits per heavy atom. The van der Waals surface area contributed by atoms with Gasteiger partial charge < -0.3 is 10.6 Å². The second kappa shape index (κ2) is 10.7. The molecule has 39 heavy (non-hydrogen) atoms. The molecule has 0 aliphatic heterocycles. The molecular formula is C26H15ClF3N9. The van der Waals surface area contributed by atoms with Gasteiger partial charge in [0.05, 0.1) is 52.0 Å². The SMILES string of the molecule is N#CCn1cc([C@@H](Nc2cc(Cl)c3ncc(C#N)c(Nc4cnc(F)c(F)c4)c3c2)c2ccc(F)cc2)nn1. The van der Waals surface area contributed by atoms with E-state index in [1.54, 1.807) is 30.5 Å². The zero-order chi connectivity index (χ0) is 27.5. The monoisotopic (exact) mass is 545 g/mol. The van der Waals surface area contributed by atoms with E-state index in [0.717, 1.165) is 12.3 Å². The van der Waals surface area contributed by atoms with Gasteiger partial charge in [-0.2, -0.15) is 14.9 Å². The van der Waals surface area contributed by atoms with Gasteiger partial charge in [0.25, 0.3) is 0 Å². The predicted molar refractivity (Wildman–Crippen MR) is 136 cm³/mol. The molecule has 0 saturated heterocycles. The van der Waals surface area contributed by atoms with Crippen LogP contribution in [-0.4, -0.2) is 25.0 Å². The van der Waals surface area contributed by atoms with Crippen LogP contribution in [0.1, 0.15) is 22.9 Å². The molecule has 3 heterocycles. The van der Waals surface area contributed by atoms with Gasteiger partial charge in [-0.25, -0.2) is 18.4 Å². The summed E-state index contributed by atoms with van der Waals surface area (Å²) in [6.07, 6.45) is 3.99. The molecule has 2 aromatic carbocycles. The Hall–Kier alpha value is -5.20. The van der Waals surface area contributed by atoms with Crippen molar-refractivity contribution < 1.29 is 13.2 Å². The number of benzene rings is 2. The van der Waals surface area contributed by atoms with E-state index in [0.29, 0.717) is 27.8 Å². The lowest BCUT2D eigenvalue weighted by atomic mass is 10.0. The lowest BCUT2D eigenvalue weighted by Gasteiger charge is -2.20. The van der Waals surface area contributed by atoms with Crippen LogP contribution in [0.3, 0.4) is 0 Å². The molecule has 2 N–H and O–H groups in total. The van der Waals surface area contributed by atoms with Crippen molar-refractivity contribution in [3.05, 3.63) is 100 Å². The Balaban J connectivity index is 1.61. The van der Waals surface area contributed by atoms with E-state index in [-0.39, 0.29) is 28.5 Å². The molecule has 0 aliphatic carbocycles. The summed E-state index contributed by atoms with van der Waals surface area (Å²) in [6, 6.07) is 13.3. The minimum Gasteiger partial charge on any atom is -0.373 e. The summed E-state index contributed by atoms with van der Waals surface area (Å²) < 4.78 is 42.2. The quantitative estimate of drug-likeness (QED) is 0.252. The number of hydrogen-bond donors (Lipinski definition) is 2. The number of nitrogens with zero attached hydrogens (tertiary/aromatic N) is 7. The van der Waals surface area contributed by atoms with Crippen LogP contribution in [0.4, 0.5) is 30.2 Å². The molecule has 0 unspecified atom stereocenters. The molecule has 192 valence electrons. The summed E-state index contributed by atoms with van der Waals surface area (Å²) in [4.78, 5) is 7.66. The van der Waals surface area contributed by atoms with E-state index < -0.39 is 23.6 Å². The maximum atomic E-state index is 13.8. The molecule has 13 heteroatoms. The maximum Gasteiger partial charge on any atom is 0.249 e. The zero-order valence-electron chi connectivity index (χ0n) is 19.7. The first-order valence-corrected chi connectivity index (χ1v) is 11.6. The molecule has 5 aromatic rings. The molecular weight excluding hydrogens is 531 g/mol. The first-order chi connectivity index (χ1) is 18.9. The third-order valence-corrected chi connectivity index (χ3v) is 6.00. The number of fused-ring (bicyclic) bond motifs is 1.